The van der Waals surface area contributed by atoms with E-state index in [9.17, 15) is 4.39 Å². The first-order valence-electron chi connectivity index (χ1n) is 3.94. The van der Waals surface area contributed by atoms with Crippen LogP contribution in [0.4, 0.5) is 4.39 Å². The summed E-state index contributed by atoms with van der Waals surface area (Å²) < 4.78 is 16.7. The Morgan fingerprint density at radius 1 is 1.50 bits per heavy atom. The van der Waals surface area contributed by atoms with Gasteiger partial charge in [0.1, 0.15) is 12.4 Å². The Bertz CT molecular complexity index is 228. The minimum Gasteiger partial charge on any atom is -0.361 e. The number of hydrogen-bond donors (Lipinski definition) is 1. The van der Waals surface area contributed by atoms with Crippen LogP contribution in [0.25, 0.3) is 0 Å². The Morgan fingerprint density at radius 2 is 2.25 bits per heavy atom. The fourth-order valence-corrected chi connectivity index (χ4v) is 1.03. The molecule has 0 saturated carbocycles. The molecule has 0 bridgehead atoms. The van der Waals surface area contributed by atoms with Crippen LogP contribution >= 0.6 is 0 Å². The molecule has 0 aliphatic carbocycles. The van der Waals surface area contributed by atoms with E-state index in [4.69, 9.17) is 4.52 Å². The molecule has 0 saturated heterocycles. The molecule has 0 spiro atoms. The second kappa shape index (κ2) is 4.21. The molecule has 0 aromatic carbocycles. The summed E-state index contributed by atoms with van der Waals surface area (Å²) in [7, 11) is 0. The maximum Gasteiger partial charge on any atom is 0.138 e. The van der Waals surface area contributed by atoms with Gasteiger partial charge in [0.15, 0.2) is 0 Å². The first kappa shape index (κ1) is 9.19. The predicted octanol–water partition coefficient (Wildman–Crippen LogP) is 1.35. The third-order valence-corrected chi connectivity index (χ3v) is 1.75. The van der Waals surface area contributed by atoms with Gasteiger partial charge >= 0.3 is 0 Å². The quantitative estimate of drug-likeness (QED) is 0.697. The van der Waals surface area contributed by atoms with E-state index in [1.165, 1.54) is 0 Å². The molecule has 12 heavy (non-hydrogen) atoms. The van der Waals surface area contributed by atoms with Crippen molar-refractivity contribution in [2.75, 3.05) is 13.2 Å². The number of rotatable bonds is 4. The van der Waals surface area contributed by atoms with Crippen molar-refractivity contribution in [1.82, 2.24) is 10.5 Å². The highest BCUT2D eigenvalue weighted by molar-refractivity contribution is 5.20. The van der Waals surface area contributed by atoms with Crippen molar-refractivity contribution < 1.29 is 8.91 Å². The molecule has 4 heteroatoms. The molecule has 0 unspecified atom stereocenters. The second-order valence-corrected chi connectivity index (χ2v) is 2.67. The van der Waals surface area contributed by atoms with Gasteiger partial charge in [0.05, 0.1) is 5.69 Å². The monoisotopic (exact) mass is 172 g/mol. The molecule has 68 valence electrons. The molecule has 0 amide bonds. The van der Waals surface area contributed by atoms with Crippen LogP contribution in [0.15, 0.2) is 4.52 Å². The maximum absolute atomic E-state index is 11.7. The molecule has 1 aromatic heterocycles. The Morgan fingerprint density at radius 3 is 2.75 bits per heavy atom. The van der Waals surface area contributed by atoms with Crippen LogP contribution in [0, 0.1) is 13.8 Å². The molecule has 1 rings (SSSR count). The lowest BCUT2D eigenvalue weighted by Crippen LogP contribution is -2.16. The normalized spacial score (nSPS) is 10.6. The van der Waals surface area contributed by atoms with Crippen molar-refractivity contribution in [2.24, 2.45) is 0 Å². The Hall–Kier alpha value is -0.900. The van der Waals surface area contributed by atoms with Crippen molar-refractivity contribution in [3.63, 3.8) is 0 Å². The molecular weight excluding hydrogens is 159 g/mol. The number of nitrogens with one attached hydrogen (secondary N) is 1. The molecule has 3 nitrogen and oxygen atoms in total. The van der Waals surface area contributed by atoms with E-state index in [0.717, 1.165) is 17.0 Å². The average molecular weight is 172 g/mol. The summed E-state index contributed by atoms with van der Waals surface area (Å²) in [6.07, 6.45) is 0. The number of halogens is 1. The zero-order valence-electron chi connectivity index (χ0n) is 7.35. The Balaban J connectivity index is 2.50. The van der Waals surface area contributed by atoms with Crippen molar-refractivity contribution in [3.8, 4) is 0 Å². The molecular formula is C8H13FN2O. The topological polar surface area (TPSA) is 38.1 Å². The number of aryl methyl sites for hydroxylation is 2. The van der Waals surface area contributed by atoms with Gasteiger partial charge in [-0.25, -0.2) is 4.39 Å². The molecule has 0 atom stereocenters. The highest BCUT2D eigenvalue weighted by Crippen LogP contribution is 2.10. The zero-order valence-corrected chi connectivity index (χ0v) is 7.35. The summed E-state index contributed by atoms with van der Waals surface area (Å²) in [6.45, 7) is 4.40. The predicted molar refractivity (Wildman–Crippen MR) is 43.7 cm³/mol. The zero-order chi connectivity index (χ0) is 8.97. The van der Waals surface area contributed by atoms with Gasteiger partial charge in [0.2, 0.25) is 0 Å². The number of aromatic nitrogens is 1. The number of hydrogen-bond acceptors (Lipinski definition) is 3. The van der Waals surface area contributed by atoms with Gasteiger partial charge in [-0.05, 0) is 13.8 Å². The fourth-order valence-electron chi connectivity index (χ4n) is 1.03. The molecule has 0 aliphatic rings. The Labute approximate surface area is 70.9 Å². The lowest BCUT2D eigenvalue weighted by Gasteiger charge is -1.99. The lowest BCUT2D eigenvalue weighted by molar-refractivity contribution is 0.391. The minimum atomic E-state index is -0.344. The minimum absolute atomic E-state index is 0.344. The maximum atomic E-state index is 11.7. The summed E-state index contributed by atoms with van der Waals surface area (Å²) >= 11 is 0. The van der Waals surface area contributed by atoms with Gasteiger partial charge in [-0.3, -0.25) is 0 Å². The Kier molecular flexibility index (Phi) is 3.22. The lowest BCUT2D eigenvalue weighted by atomic mass is 10.2. The van der Waals surface area contributed by atoms with Crippen LogP contribution in [0.3, 0.4) is 0 Å². The van der Waals surface area contributed by atoms with Gasteiger partial charge in [-0.2, -0.15) is 0 Å². The van der Waals surface area contributed by atoms with Crippen molar-refractivity contribution in [2.45, 2.75) is 20.4 Å². The van der Waals surface area contributed by atoms with E-state index in [1.807, 2.05) is 13.8 Å². The highest BCUT2D eigenvalue weighted by atomic mass is 19.1. The highest BCUT2D eigenvalue weighted by Gasteiger charge is 2.06. The van der Waals surface area contributed by atoms with E-state index < -0.39 is 0 Å². The molecule has 0 aliphatic heterocycles. The molecule has 1 N–H and O–H groups in total. The van der Waals surface area contributed by atoms with Gasteiger partial charge in [-0.1, -0.05) is 5.16 Å². The van der Waals surface area contributed by atoms with E-state index in [2.05, 4.69) is 10.5 Å². The summed E-state index contributed by atoms with van der Waals surface area (Å²) in [6, 6.07) is 0. The number of nitrogens with zero attached hydrogens (tertiary/aromatic N) is 1. The molecule has 1 aromatic rings. The molecule has 0 radical (unpaired) electrons. The number of alkyl halides is 1. The van der Waals surface area contributed by atoms with Gasteiger partial charge in [0.25, 0.3) is 0 Å². The van der Waals surface area contributed by atoms with Crippen LogP contribution in [-0.4, -0.2) is 18.4 Å². The van der Waals surface area contributed by atoms with Gasteiger partial charge in [-0.15, -0.1) is 0 Å². The third kappa shape index (κ3) is 2.04. The van der Waals surface area contributed by atoms with Gasteiger partial charge in [0, 0.05) is 18.7 Å². The van der Waals surface area contributed by atoms with Gasteiger partial charge < -0.3 is 9.84 Å². The van der Waals surface area contributed by atoms with E-state index >= 15 is 0 Å². The largest absolute Gasteiger partial charge is 0.361 e. The molecule has 0 fully saturated rings. The average Bonchev–Trinajstić information content (AvgIpc) is 2.35. The van der Waals surface area contributed by atoms with Crippen LogP contribution in [-0.2, 0) is 6.54 Å². The SMILES string of the molecule is Cc1noc(C)c1CNCCF. The van der Waals surface area contributed by atoms with Crippen LogP contribution in [0.5, 0.6) is 0 Å². The first-order chi connectivity index (χ1) is 5.75. The summed E-state index contributed by atoms with van der Waals surface area (Å²) in [4.78, 5) is 0. The first-order valence-corrected chi connectivity index (χ1v) is 3.94. The van der Waals surface area contributed by atoms with Crippen molar-refractivity contribution >= 4 is 0 Å². The second-order valence-electron chi connectivity index (χ2n) is 2.67. The van der Waals surface area contributed by atoms with E-state index in [-0.39, 0.29) is 6.67 Å². The van der Waals surface area contributed by atoms with Crippen LogP contribution in [0.1, 0.15) is 17.0 Å². The van der Waals surface area contributed by atoms with E-state index in [0.29, 0.717) is 13.1 Å². The van der Waals surface area contributed by atoms with Crippen molar-refractivity contribution in [1.29, 1.82) is 0 Å². The van der Waals surface area contributed by atoms with Crippen LogP contribution in [0.2, 0.25) is 0 Å². The van der Waals surface area contributed by atoms with Crippen LogP contribution < -0.4 is 5.32 Å². The smallest absolute Gasteiger partial charge is 0.138 e. The fraction of sp³-hybridized carbons (Fsp3) is 0.625. The molecule has 1 heterocycles. The standard InChI is InChI=1S/C8H13FN2O/c1-6-8(5-10-4-3-9)7(2)12-11-6/h10H,3-5H2,1-2H3. The summed E-state index contributed by atoms with van der Waals surface area (Å²) in [5.74, 6) is 0.804. The summed E-state index contributed by atoms with van der Waals surface area (Å²) in [5, 5.41) is 6.73. The van der Waals surface area contributed by atoms with E-state index in [1.54, 1.807) is 0 Å². The third-order valence-electron chi connectivity index (χ3n) is 1.75. The van der Waals surface area contributed by atoms with Crippen molar-refractivity contribution in [3.05, 3.63) is 17.0 Å². The summed E-state index contributed by atoms with van der Waals surface area (Å²) in [5.41, 5.74) is 1.90.